The van der Waals surface area contributed by atoms with Gasteiger partial charge in [-0.25, -0.2) is 13.5 Å². The maximum Gasteiger partial charge on any atom is 0.277 e. The summed E-state index contributed by atoms with van der Waals surface area (Å²) >= 11 is 0. The minimum atomic E-state index is -3.53. The number of hydrogen-bond acceptors (Lipinski definition) is 5. The van der Waals surface area contributed by atoms with Gasteiger partial charge < -0.3 is 5.32 Å². The van der Waals surface area contributed by atoms with Gasteiger partial charge in [0, 0.05) is 23.6 Å². The van der Waals surface area contributed by atoms with Crippen molar-refractivity contribution < 1.29 is 22.8 Å². The van der Waals surface area contributed by atoms with Crippen LogP contribution in [0.15, 0.2) is 53.4 Å². The number of nitrogens with zero attached hydrogens (tertiary/aromatic N) is 1. The van der Waals surface area contributed by atoms with Gasteiger partial charge in [-0.2, -0.15) is 0 Å². The van der Waals surface area contributed by atoms with E-state index in [1.807, 2.05) is 6.92 Å². The second kappa shape index (κ2) is 8.75. The van der Waals surface area contributed by atoms with E-state index in [9.17, 15) is 18.0 Å². The van der Waals surface area contributed by atoms with Gasteiger partial charge in [0.1, 0.15) is 0 Å². The molecule has 2 aromatic rings. The number of amides is 2. The molecule has 1 fully saturated rings. The van der Waals surface area contributed by atoms with E-state index in [0.717, 1.165) is 5.56 Å². The molecule has 0 saturated carbocycles. The highest BCUT2D eigenvalue weighted by molar-refractivity contribution is 7.91. The molecule has 1 heterocycles. The van der Waals surface area contributed by atoms with Gasteiger partial charge in [0.15, 0.2) is 9.84 Å². The third-order valence-electron chi connectivity index (χ3n) is 4.68. The van der Waals surface area contributed by atoms with Crippen LogP contribution in [0.1, 0.15) is 29.3 Å². The molecule has 0 spiro atoms. The summed E-state index contributed by atoms with van der Waals surface area (Å²) in [7, 11) is -3.53. The van der Waals surface area contributed by atoms with Crippen LogP contribution >= 0.6 is 0 Å². The van der Waals surface area contributed by atoms with E-state index in [1.54, 1.807) is 43.3 Å². The van der Waals surface area contributed by atoms with Crippen LogP contribution in [-0.4, -0.2) is 44.2 Å². The maximum absolute atomic E-state index is 12.6. The highest BCUT2D eigenvalue weighted by Crippen LogP contribution is 2.21. The smallest absolute Gasteiger partial charge is 0.277 e. The summed E-state index contributed by atoms with van der Waals surface area (Å²) in [5.74, 6) is -0.713. The number of hydrogen-bond donors (Lipinski definition) is 1. The Balaban J connectivity index is 1.65. The Morgan fingerprint density at radius 3 is 2.55 bits per heavy atom. The number of carbonyl (C=O) groups excluding carboxylic acids is 2. The van der Waals surface area contributed by atoms with Crippen LogP contribution < -0.4 is 5.32 Å². The summed E-state index contributed by atoms with van der Waals surface area (Å²) in [5, 5.41) is 4.04. The third kappa shape index (κ3) is 5.21. The Morgan fingerprint density at radius 2 is 1.90 bits per heavy atom. The van der Waals surface area contributed by atoms with E-state index < -0.39 is 15.7 Å². The van der Waals surface area contributed by atoms with Gasteiger partial charge >= 0.3 is 0 Å². The van der Waals surface area contributed by atoms with Crippen LogP contribution in [0.25, 0.3) is 0 Å². The molecule has 1 aliphatic heterocycles. The standard InChI is InChI=1S/C21H24N2O5S/c1-15-13-23(28-14-15)21(25)17-9-8-16(2)19(12-17)22-20(24)10-11-29(26,27)18-6-4-3-5-7-18/h3-9,12,15H,10-11,13-14H2,1-2H3,(H,22,24). The molecule has 29 heavy (non-hydrogen) atoms. The van der Waals surface area contributed by atoms with Crippen LogP contribution in [0, 0.1) is 12.8 Å². The van der Waals surface area contributed by atoms with Crippen LogP contribution in [0.3, 0.4) is 0 Å². The summed E-state index contributed by atoms with van der Waals surface area (Å²) in [6, 6.07) is 13.0. The van der Waals surface area contributed by atoms with E-state index in [0.29, 0.717) is 24.4 Å². The van der Waals surface area contributed by atoms with E-state index >= 15 is 0 Å². The molecular formula is C21H24N2O5S. The van der Waals surface area contributed by atoms with E-state index in [1.165, 1.54) is 17.2 Å². The Hall–Kier alpha value is -2.71. The molecule has 0 aromatic heterocycles. The lowest BCUT2D eigenvalue weighted by Crippen LogP contribution is -2.27. The topological polar surface area (TPSA) is 92.8 Å². The third-order valence-corrected chi connectivity index (χ3v) is 6.41. The molecule has 0 radical (unpaired) electrons. The molecule has 154 valence electrons. The first-order chi connectivity index (χ1) is 13.8. The zero-order chi connectivity index (χ0) is 21.0. The summed E-state index contributed by atoms with van der Waals surface area (Å²) in [5.41, 5.74) is 1.65. The van der Waals surface area contributed by atoms with E-state index in [-0.39, 0.29) is 28.9 Å². The normalized spacial score (nSPS) is 16.6. The largest absolute Gasteiger partial charge is 0.326 e. The van der Waals surface area contributed by atoms with Crippen molar-refractivity contribution in [2.45, 2.75) is 25.2 Å². The highest BCUT2D eigenvalue weighted by atomic mass is 32.2. The van der Waals surface area contributed by atoms with Crippen molar-refractivity contribution in [2.75, 3.05) is 24.2 Å². The Labute approximate surface area is 170 Å². The summed E-state index contributed by atoms with van der Waals surface area (Å²) in [4.78, 5) is 30.5. The fraction of sp³-hybridized carbons (Fsp3) is 0.333. The minimum Gasteiger partial charge on any atom is -0.326 e. The molecular weight excluding hydrogens is 392 g/mol. The van der Waals surface area contributed by atoms with Crippen molar-refractivity contribution in [1.82, 2.24) is 5.06 Å². The van der Waals surface area contributed by atoms with Crippen molar-refractivity contribution in [2.24, 2.45) is 5.92 Å². The second-order valence-electron chi connectivity index (χ2n) is 7.23. The molecule has 1 N–H and O–H groups in total. The second-order valence-corrected chi connectivity index (χ2v) is 9.34. The number of hydroxylamine groups is 2. The number of aryl methyl sites for hydroxylation is 1. The average molecular weight is 416 g/mol. The zero-order valence-corrected chi connectivity index (χ0v) is 17.2. The quantitative estimate of drug-likeness (QED) is 0.782. The Kier molecular flexibility index (Phi) is 6.34. The lowest BCUT2D eigenvalue weighted by Gasteiger charge is -2.16. The molecule has 1 saturated heterocycles. The lowest BCUT2D eigenvalue weighted by atomic mass is 10.1. The number of rotatable bonds is 6. The number of sulfone groups is 1. The van der Waals surface area contributed by atoms with Gasteiger partial charge in [0.2, 0.25) is 5.91 Å². The van der Waals surface area contributed by atoms with Crippen LogP contribution in [0.5, 0.6) is 0 Å². The van der Waals surface area contributed by atoms with E-state index in [2.05, 4.69) is 5.32 Å². The first-order valence-electron chi connectivity index (χ1n) is 9.39. The Morgan fingerprint density at radius 1 is 1.17 bits per heavy atom. The van der Waals surface area contributed by atoms with Gasteiger partial charge in [-0.1, -0.05) is 31.2 Å². The first-order valence-corrected chi connectivity index (χ1v) is 11.0. The fourth-order valence-corrected chi connectivity index (χ4v) is 4.23. The van der Waals surface area contributed by atoms with Crippen molar-refractivity contribution >= 4 is 27.3 Å². The van der Waals surface area contributed by atoms with Gasteiger partial charge in [-0.05, 0) is 36.8 Å². The molecule has 0 bridgehead atoms. The SMILES string of the molecule is Cc1ccc(C(=O)N2CC(C)CO2)cc1NC(=O)CCS(=O)(=O)c1ccccc1. The predicted molar refractivity (Wildman–Crippen MR) is 109 cm³/mol. The molecule has 1 aliphatic rings. The number of benzene rings is 2. The Bertz CT molecular complexity index is 1000. The highest BCUT2D eigenvalue weighted by Gasteiger charge is 2.26. The molecule has 1 unspecified atom stereocenters. The van der Waals surface area contributed by atoms with Crippen molar-refractivity contribution in [1.29, 1.82) is 0 Å². The van der Waals surface area contributed by atoms with Gasteiger partial charge in [-0.3, -0.25) is 14.4 Å². The summed E-state index contributed by atoms with van der Waals surface area (Å²) in [6.45, 7) is 4.82. The first kappa shape index (κ1) is 21.0. The van der Waals surface area contributed by atoms with Crippen LogP contribution in [-0.2, 0) is 19.5 Å². The van der Waals surface area contributed by atoms with Gasteiger partial charge in [-0.15, -0.1) is 0 Å². The van der Waals surface area contributed by atoms with Gasteiger partial charge in [0.05, 0.1) is 23.8 Å². The van der Waals surface area contributed by atoms with Crippen LogP contribution in [0.4, 0.5) is 5.69 Å². The van der Waals surface area contributed by atoms with Gasteiger partial charge in [0.25, 0.3) is 5.91 Å². The monoisotopic (exact) mass is 416 g/mol. The number of carbonyl (C=O) groups is 2. The minimum absolute atomic E-state index is 0.179. The molecule has 7 nitrogen and oxygen atoms in total. The van der Waals surface area contributed by atoms with Crippen LogP contribution in [0.2, 0.25) is 0 Å². The summed E-state index contributed by atoms with van der Waals surface area (Å²) < 4.78 is 24.7. The summed E-state index contributed by atoms with van der Waals surface area (Å²) in [6.07, 6.45) is -0.179. The predicted octanol–water partition coefficient (Wildman–Crippen LogP) is 2.82. The fourth-order valence-electron chi connectivity index (χ4n) is 2.97. The molecule has 8 heteroatoms. The number of nitrogens with one attached hydrogen (secondary N) is 1. The number of anilines is 1. The molecule has 3 rings (SSSR count). The maximum atomic E-state index is 12.6. The van der Waals surface area contributed by atoms with Crippen molar-refractivity contribution in [3.8, 4) is 0 Å². The molecule has 2 aromatic carbocycles. The average Bonchev–Trinajstić information content (AvgIpc) is 3.14. The molecule has 0 aliphatic carbocycles. The van der Waals surface area contributed by atoms with Crippen molar-refractivity contribution in [3.05, 3.63) is 59.7 Å². The molecule has 1 atom stereocenters. The lowest BCUT2D eigenvalue weighted by molar-refractivity contribution is -0.115. The zero-order valence-electron chi connectivity index (χ0n) is 16.4. The van der Waals surface area contributed by atoms with E-state index in [4.69, 9.17) is 4.84 Å². The van der Waals surface area contributed by atoms with Crippen molar-refractivity contribution in [3.63, 3.8) is 0 Å². The molecule has 2 amide bonds.